The standard InChI is InChI=1S/C8H19NO5S.H2O/c10-5-2-8(3-6-11)9-4-1-7-15(12,13)14;/h8-11H,1-7H2,(H,12,13,14);1H2. The summed E-state index contributed by atoms with van der Waals surface area (Å²) in [4.78, 5) is 0. The van der Waals surface area contributed by atoms with Gasteiger partial charge in [0.25, 0.3) is 10.1 Å². The number of nitrogens with one attached hydrogen (secondary N) is 1. The van der Waals surface area contributed by atoms with E-state index < -0.39 is 10.1 Å². The number of hydrogen-bond acceptors (Lipinski definition) is 5. The highest BCUT2D eigenvalue weighted by molar-refractivity contribution is 7.85. The van der Waals surface area contributed by atoms with Gasteiger partial charge in [-0.15, -0.1) is 0 Å². The van der Waals surface area contributed by atoms with E-state index in [4.69, 9.17) is 14.8 Å². The Morgan fingerprint density at radius 2 is 1.62 bits per heavy atom. The molecule has 0 spiro atoms. The maximum Gasteiger partial charge on any atom is 0.264 e. The first-order valence-corrected chi connectivity index (χ1v) is 6.50. The van der Waals surface area contributed by atoms with Gasteiger partial charge < -0.3 is 21.0 Å². The number of aliphatic hydroxyl groups excluding tert-OH is 2. The average molecular weight is 259 g/mol. The molecule has 0 saturated heterocycles. The van der Waals surface area contributed by atoms with Gasteiger partial charge in [0.2, 0.25) is 0 Å². The molecule has 0 rings (SSSR count). The summed E-state index contributed by atoms with van der Waals surface area (Å²) >= 11 is 0. The molecular formula is C8H21NO6S. The zero-order valence-corrected chi connectivity index (χ0v) is 9.91. The van der Waals surface area contributed by atoms with E-state index in [-0.39, 0.29) is 30.5 Å². The summed E-state index contributed by atoms with van der Waals surface area (Å²) in [6.45, 7) is 0.483. The third kappa shape index (κ3) is 11.8. The van der Waals surface area contributed by atoms with Crippen LogP contribution in [0.4, 0.5) is 0 Å². The van der Waals surface area contributed by atoms with Crippen molar-refractivity contribution < 1.29 is 28.7 Å². The summed E-state index contributed by atoms with van der Waals surface area (Å²) in [5.41, 5.74) is 0. The molecule has 7 nitrogen and oxygen atoms in total. The van der Waals surface area contributed by atoms with Crippen molar-refractivity contribution in [3.63, 3.8) is 0 Å². The van der Waals surface area contributed by atoms with Crippen LogP contribution in [0.5, 0.6) is 0 Å². The first-order chi connectivity index (χ1) is 6.99. The Balaban J connectivity index is 0. The van der Waals surface area contributed by atoms with Gasteiger partial charge in [0, 0.05) is 19.3 Å². The lowest BCUT2D eigenvalue weighted by atomic mass is 10.1. The fourth-order valence-electron chi connectivity index (χ4n) is 1.22. The van der Waals surface area contributed by atoms with Crippen molar-refractivity contribution in [2.24, 2.45) is 0 Å². The van der Waals surface area contributed by atoms with Crippen LogP contribution in [0.1, 0.15) is 19.3 Å². The topological polar surface area (TPSA) is 138 Å². The van der Waals surface area contributed by atoms with Crippen LogP contribution in [-0.2, 0) is 10.1 Å². The summed E-state index contributed by atoms with van der Waals surface area (Å²) in [5, 5.41) is 20.4. The Kier molecular flexibility index (Phi) is 11.3. The predicted octanol–water partition coefficient (Wildman–Crippen LogP) is -1.84. The first kappa shape index (κ1) is 18.1. The van der Waals surface area contributed by atoms with Gasteiger partial charge >= 0.3 is 0 Å². The van der Waals surface area contributed by atoms with E-state index in [2.05, 4.69) is 5.32 Å². The number of hydrogen-bond donors (Lipinski definition) is 4. The van der Waals surface area contributed by atoms with Gasteiger partial charge in [0.05, 0.1) is 5.75 Å². The fraction of sp³-hybridized carbons (Fsp3) is 1.00. The summed E-state index contributed by atoms with van der Waals surface area (Å²) in [6, 6.07) is -0.0126. The molecule has 100 valence electrons. The molecule has 0 unspecified atom stereocenters. The molecule has 0 aliphatic rings. The van der Waals surface area contributed by atoms with Crippen molar-refractivity contribution in [2.45, 2.75) is 25.3 Å². The lowest BCUT2D eigenvalue weighted by Crippen LogP contribution is -2.32. The predicted molar refractivity (Wildman–Crippen MR) is 59.8 cm³/mol. The lowest BCUT2D eigenvalue weighted by Gasteiger charge is -2.16. The van der Waals surface area contributed by atoms with Gasteiger partial charge in [0.15, 0.2) is 0 Å². The Labute approximate surface area is 95.5 Å². The molecule has 0 aliphatic carbocycles. The molecule has 0 aromatic rings. The average Bonchev–Trinajstić information content (AvgIpc) is 2.11. The van der Waals surface area contributed by atoms with E-state index in [9.17, 15) is 8.42 Å². The maximum absolute atomic E-state index is 10.4. The normalized spacial score (nSPS) is 11.5. The van der Waals surface area contributed by atoms with E-state index in [1.165, 1.54) is 0 Å². The highest BCUT2D eigenvalue weighted by Gasteiger charge is 2.08. The Hall–Kier alpha value is -0.250. The van der Waals surface area contributed by atoms with Crippen molar-refractivity contribution in [1.82, 2.24) is 5.32 Å². The minimum atomic E-state index is -3.89. The third-order valence-electron chi connectivity index (χ3n) is 1.97. The zero-order chi connectivity index (χ0) is 11.7. The van der Waals surface area contributed by atoms with E-state index in [1.807, 2.05) is 0 Å². The minimum absolute atomic E-state index is 0. The molecule has 0 saturated carbocycles. The molecule has 0 aromatic heterocycles. The Morgan fingerprint density at radius 1 is 1.12 bits per heavy atom. The van der Waals surface area contributed by atoms with Crippen LogP contribution in [0.2, 0.25) is 0 Å². The summed E-state index contributed by atoms with van der Waals surface area (Å²) in [7, 11) is -3.89. The molecular weight excluding hydrogens is 238 g/mol. The van der Waals surface area contributed by atoms with Crippen LogP contribution >= 0.6 is 0 Å². The van der Waals surface area contributed by atoms with Gasteiger partial charge in [-0.05, 0) is 25.8 Å². The largest absolute Gasteiger partial charge is 0.412 e. The second-order valence-corrected chi connectivity index (χ2v) is 4.89. The molecule has 0 aromatic carbocycles. The molecule has 0 bridgehead atoms. The first-order valence-electron chi connectivity index (χ1n) is 4.90. The van der Waals surface area contributed by atoms with Crippen molar-refractivity contribution in [3.05, 3.63) is 0 Å². The Morgan fingerprint density at radius 3 is 2.00 bits per heavy atom. The number of aliphatic hydroxyl groups is 2. The summed E-state index contributed by atoms with van der Waals surface area (Å²) < 4.78 is 29.2. The molecule has 16 heavy (non-hydrogen) atoms. The van der Waals surface area contributed by atoms with Crippen LogP contribution in [0.3, 0.4) is 0 Å². The molecule has 0 radical (unpaired) electrons. The van der Waals surface area contributed by atoms with Crippen LogP contribution in [0, 0.1) is 0 Å². The van der Waals surface area contributed by atoms with Crippen molar-refractivity contribution in [3.8, 4) is 0 Å². The van der Waals surface area contributed by atoms with E-state index in [0.717, 1.165) is 0 Å². The minimum Gasteiger partial charge on any atom is -0.412 e. The van der Waals surface area contributed by atoms with Crippen LogP contribution < -0.4 is 5.32 Å². The van der Waals surface area contributed by atoms with Gasteiger partial charge in [-0.25, -0.2) is 0 Å². The number of rotatable bonds is 9. The Bertz CT molecular complexity index is 237. The fourth-order valence-corrected chi connectivity index (χ4v) is 1.73. The third-order valence-corrected chi connectivity index (χ3v) is 2.77. The van der Waals surface area contributed by atoms with Gasteiger partial charge in [0.1, 0.15) is 0 Å². The molecule has 0 heterocycles. The molecule has 0 amide bonds. The molecule has 8 heteroatoms. The highest BCUT2D eigenvalue weighted by Crippen LogP contribution is 1.97. The maximum atomic E-state index is 10.4. The van der Waals surface area contributed by atoms with Crippen molar-refractivity contribution in [2.75, 3.05) is 25.5 Å². The van der Waals surface area contributed by atoms with E-state index >= 15 is 0 Å². The molecule has 0 atom stereocenters. The molecule has 0 aliphatic heterocycles. The van der Waals surface area contributed by atoms with Gasteiger partial charge in [-0.2, -0.15) is 8.42 Å². The quantitative estimate of drug-likeness (QED) is 0.283. The summed E-state index contributed by atoms with van der Waals surface area (Å²) in [6.07, 6.45) is 1.35. The van der Waals surface area contributed by atoms with Gasteiger partial charge in [-0.3, -0.25) is 4.55 Å². The van der Waals surface area contributed by atoms with E-state index in [0.29, 0.717) is 25.8 Å². The highest BCUT2D eigenvalue weighted by atomic mass is 32.2. The molecule has 0 fully saturated rings. The summed E-state index contributed by atoms with van der Waals surface area (Å²) in [5.74, 6) is -0.273. The smallest absolute Gasteiger partial charge is 0.264 e. The van der Waals surface area contributed by atoms with E-state index in [1.54, 1.807) is 0 Å². The second-order valence-electron chi connectivity index (χ2n) is 3.32. The van der Waals surface area contributed by atoms with Crippen LogP contribution in [0.15, 0.2) is 0 Å². The monoisotopic (exact) mass is 259 g/mol. The van der Waals surface area contributed by atoms with Gasteiger partial charge in [-0.1, -0.05) is 0 Å². The molecule has 6 N–H and O–H groups in total. The zero-order valence-electron chi connectivity index (χ0n) is 9.09. The van der Waals surface area contributed by atoms with Crippen LogP contribution in [-0.4, -0.2) is 60.2 Å². The van der Waals surface area contributed by atoms with Crippen LogP contribution in [0.25, 0.3) is 0 Å². The van der Waals surface area contributed by atoms with Crippen molar-refractivity contribution >= 4 is 10.1 Å². The van der Waals surface area contributed by atoms with Crippen molar-refractivity contribution in [1.29, 1.82) is 0 Å². The second kappa shape index (κ2) is 9.94. The lowest BCUT2D eigenvalue weighted by molar-refractivity contribution is 0.227. The SMILES string of the molecule is O.O=S(=O)(O)CCCNC(CCO)CCO.